The standard InChI is InChI=1S/C8H6N6S/c9-7-6-5(11-4-12-7)3-13-14(6)8-10-1-2-15-8/h1-4H,(H2,9,11,12). The van der Waals surface area contributed by atoms with Gasteiger partial charge in [-0.15, -0.1) is 11.3 Å². The molecule has 74 valence electrons. The lowest BCUT2D eigenvalue weighted by atomic mass is 10.4. The number of nitrogen functional groups attached to an aromatic ring is 1. The SMILES string of the molecule is Nc1ncnc2cnn(-c3nccs3)c12. The maximum Gasteiger partial charge on any atom is 0.210 e. The Morgan fingerprint density at radius 3 is 3.00 bits per heavy atom. The third-order valence-electron chi connectivity index (χ3n) is 1.99. The fourth-order valence-corrected chi connectivity index (χ4v) is 1.96. The Hall–Kier alpha value is -2.02. The third kappa shape index (κ3) is 1.17. The summed E-state index contributed by atoms with van der Waals surface area (Å²) in [4.78, 5) is 12.2. The van der Waals surface area contributed by atoms with Crippen molar-refractivity contribution in [1.82, 2.24) is 24.7 Å². The zero-order valence-corrected chi connectivity index (χ0v) is 8.35. The first-order chi connectivity index (χ1) is 7.36. The molecule has 0 fully saturated rings. The Bertz CT molecular complexity index is 599. The van der Waals surface area contributed by atoms with Crippen LogP contribution in [-0.2, 0) is 0 Å². The van der Waals surface area contributed by atoms with Crippen molar-refractivity contribution in [2.45, 2.75) is 0 Å². The van der Waals surface area contributed by atoms with Crippen molar-refractivity contribution in [2.75, 3.05) is 5.73 Å². The Labute approximate surface area is 88.4 Å². The van der Waals surface area contributed by atoms with Crippen molar-refractivity contribution in [1.29, 1.82) is 0 Å². The van der Waals surface area contributed by atoms with Gasteiger partial charge >= 0.3 is 0 Å². The van der Waals surface area contributed by atoms with Gasteiger partial charge in [-0.3, -0.25) is 0 Å². The summed E-state index contributed by atoms with van der Waals surface area (Å²) in [5.74, 6) is 0.410. The number of hydrogen-bond acceptors (Lipinski definition) is 6. The van der Waals surface area contributed by atoms with E-state index < -0.39 is 0 Å². The van der Waals surface area contributed by atoms with Gasteiger partial charge in [0.15, 0.2) is 5.82 Å². The molecular formula is C8H6N6S. The van der Waals surface area contributed by atoms with Gasteiger partial charge in [-0.25, -0.2) is 19.6 Å². The summed E-state index contributed by atoms with van der Waals surface area (Å²) in [6.45, 7) is 0. The van der Waals surface area contributed by atoms with Gasteiger partial charge in [-0.1, -0.05) is 0 Å². The van der Waals surface area contributed by atoms with Gasteiger partial charge in [-0.05, 0) is 0 Å². The molecule has 0 amide bonds. The van der Waals surface area contributed by atoms with Crippen molar-refractivity contribution >= 4 is 28.2 Å². The highest BCUT2D eigenvalue weighted by Crippen LogP contribution is 2.20. The second kappa shape index (κ2) is 2.99. The predicted octanol–water partition coefficient (Wildman–Crippen LogP) is 0.854. The number of anilines is 1. The highest BCUT2D eigenvalue weighted by Gasteiger charge is 2.10. The highest BCUT2D eigenvalue weighted by molar-refractivity contribution is 7.12. The first kappa shape index (κ1) is 8.30. The van der Waals surface area contributed by atoms with Gasteiger partial charge in [0.1, 0.15) is 17.4 Å². The lowest BCUT2D eigenvalue weighted by Crippen LogP contribution is -2.00. The average Bonchev–Trinajstić information content (AvgIpc) is 2.85. The Morgan fingerprint density at radius 2 is 2.20 bits per heavy atom. The molecule has 0 bridgehead atoms. The van der Waals surface area contributed by atoms with Gasteiger partial charge in [0.2, 0.25) is 5.13 Å². The molecule has 0 saturated heterocycles. The zero-order valence-electron chi connectivity index (χ0n) is 7.53. The van der Waals surface area contributed by atoms with Crippen molar-refractivity contribution in [3.05, 3.63) is 24.1 Å². The van der Waals surface area contributed by atoms with E-state index in [2.05, 4.69) is 20.1 Å². The van der Waals surface area contributed by atoms with Crippen LogP contribution in [0.15, 0.2) is 24.1 Å². The molecule has 7 heteroatoms. The number of hydrogen-bond donors (Lipinski definition) is 1. The fourth-order valence-electron chi connectivity index (χ4n) is 1.35. The van der Waals surface area contributed by atoms with Crippen LogP contribution >= 0.6 is 11.3 Å². The van der Waals surface area contributed by atoms with Crippen LogP contribution in [0.3, 0.4) is 0 Å². The monoisotopic (exact) mass is 218 g/mol. The molecule has 2 N–H and O–H groups in total. The van der Waals surface area contributed by atoms with Crippen molar-refractivity contribution in [3.8, 4) is 5.13 Å². The van der Waals surface area contributed by atoms with Crippen LogP contribution in [-0.4, -0.2) is 24.7 Å². The van der Waals surface area contributed by atoms with Crippen LogP contribution in [0.5, 0.6) is 0 Å². The summed E-state index contributed by atoms with van der Waals surface area (Å²) in [5, 5.41) is 6.81. The zero-order chi connectivity index (χ0) is 10.3. The van der Waals surface area contributed by atoms with Crippen molar-refractivity contribution in [2.24, 2.45) is 0 Å². The molecule has 15 heavy (non-hydrogen) atoms. The van der Waals surface area contributed by atoms with Crippen LogP contribution in [0.2, 0.25) is 0 Å². The summed E-state index contributed by atoms with van der Waals surface area (Å²) < 4.78 is 1.65. The summed E-state index contributed by atoms with van der Waals surface area (Å²) in [5.41, 5.74) is 7.19. The summed E-state index contributed by atoms with van der Waals surface area (Å²) in [7, 11) is 0. The molecule has 3 aromatic rings. The summed E-state index contributed by atoms with van der Waals surface area (Å²) in [6.07, 6.45) is 4.79. The molecule has 0 aliphatic heterocycles. The molecule has 0 unspecified atom stereocenters. The molecule has 0 spiro atoms. The second-order valence-corrected chi connectivity index (χ2v) is 3.74. The van der Waals surface area contributed by atoms with Crippen LogP contribution in [0, 0.1) is 0 Å². The Balaban J connectivity index is 2.37. The smallest absolute Gasteiger partial charge is 0.210 e. The van der Waals surface area contributed by atoms with Crippen LogP contribution in [0.25, 0.3) is 16.2 Å². The number of thiazole rings is 1. The topological polar surface area (TPSA) is 82.5 Å². The lowest BCUT2D eigenvalue weighted by molar-refractivity contribution is 0.897. The van der Waals surface area contributed by atoms with E-state index in [1.54, 1.807) is 17.1 Å². The molecule has 0 radical (unpaired) electrons. The second-order valence-electron chi connectivity index (χ2n) is 2.86. The number of rotatable bonds is 1. The summed E-state index contributed by atoms with van der Waals surface area (Å²) >= 11 is 1.48. The Kier molecular flexibility index (Phi) is 1.65. The van der Waals surface area contributed by atoms with E-state index in [0.29, 0.717) is 11.3 Å². The first-order valence-corrected chi connectivity index (χ1v) is 5.08. The highest BCUT2D eigenvalue weighted by atomic mass is 32.1. The number of aromatic nitrogens is 5. The van der Waals surface area contributed by atoms with Crippen LogP contribution in [0.1, 0.15) is 0 Å². The lowest BCUT2D eigenvalue weighted by Gasteiger charge is -1.99. The van der Waals surface area contributed by atoms with E-state index in [1.807, 2.05) is 5.38 Å². The maximum absolute atomic E-state index is 5.77. The van der Waals surface area contributed by atoms with E-state index in [-0.39, 0.29) is 0 Å². The molecule has 6 nitrogen and oxygen atoms in total. The number of nitrogens with two attached hydrogens (primary N) is 1. The molecule has 0 saturated carbocycles. The van der Waals surface area contributed by atoms with Gasteiger partial charge in [0.25, 0.3) is 0 Å². The number of nitrogens with zero attached hydrogens (tertiary/aromatic N) is 5. The van der Waals surface area contributed by atoms with E-state index in [1.165, 1.54) is 17.7 Å². The fraction of sp³-hybridized carbons (Fsp3) is 0. The van der Waals surface area contributed by atoms with Gasteiger partial charge in [-0.2, -0.15) is 5.10 Å². The molecule has 3 heterocycles. The molecule has 0 aliphatic rings. The largest absolute Gasteiger partial charge is 0.382 e. The predicted molar refractivity (Wildman–Crippen MR) is 56.7 cm³/mol. The number of fused-ring (bicyclic) bond motifs is 1. The minimum atomic E-state index is 0.410. The van der Waals surface area contributed by atoms with E-state index in [4.69, 9.17) is 5.73 Å². The van der Waals surface area contributed by atoms with E-state index in [9.17, 15) is 0 Å². The molecule has 3 rings (SSSR count). The van der Waals surface area contributed by atoms with Gasteiger partial charge in [0, 0.05) is 11.6 Å². The van der Waals surface area contributed by atoms with Crippen molar-refractivity contribution in [3.63, 3.8) is 0 Å². The summed E-state index contributed by atoms with van der Waals surface area (Å²) in [6, 6.07) is 0. The van der Waals surface area contributed by atoms with Gasteiger partial charge in [0.05, 0.1) is 6.20 Å². The third-order valence-corrected chi connectivity index (χ3v) is 2.73. The molecule has 0 atom stereocenters. The van der Waals surface area contributed by atoms with Gasteiger partial charge < -0.3 is 5.73 Å². The molecule has 3 aromatic heterocycles. The van der Waals surface area contributed by atoms with E-state index >= 15 is 0 Å². The van der Waals surface area contributed by atoms with E-state index in [0.717, 1.165) is 10.6 Å². The van der Waals surface area contributed by atoms with Crippen LogP contribution in [0.4, 0.5) is 5.82 Å². The Morgan fingerprint density at radius 1 is 1.27 bits per heavy atom. The average molecular weight is 218 g/mol. The molecule has 0 aromatic carbocycles. The quantitative estimate of drug-likeness (QED) is 0.654. The molecule has 0 aliphatic carbocycles. The molecular weight excluding hydrogens is 212 g/mol. The maximum atomic E-state index is 5.77. The minimum absolute atomic E-state index is 0.410. The normalized spacial score (nSPS) is 10.9. The van der Waals surface area contributed by atoms with Crippen molar-refractivity contribution < 1.29 is 0 Å². The van der Waals surface area contributed by atoms with Crippen LogP contribution < -0.4 is 5.73 Å². The minimum Gasteiger partial charge on any atom is -0.382 e. The first-order valence-electron chi connectivity index (χ1n) is 4.20.